The van der Waals surface area contributed by atoms with E-state index in [-0.39, 0.29) is 18.7 Å². The minimum Gasteiger partial charge on any atom is -0.480 e. The van der Waals surface area contributed by atoms with Crippen LogP contribution >= 0.6 is 0 Å². The first-order valence-corrected chi connectivity index (χ1v) is 6.02. The van der Waals surface area contributed by atoms with E-state index in [9.17, 15) is 14.7 Å². The molecule has 2 rings (SSSR count). The maximum Gasteiger partial charge on any atom is 0.326 e. The number of rotatable bonds is 2. The van der Waals surface area contributed by atoms with Gasteiger partial charge >= 0.3 is 12.0 Å². The highest BCUT2D eigenvalue weighted by molar-refractivity contribution is 5.83. The molecule has 2 fully saturated rings. The molecule has 3 unspecified atom stereocenters. The van der Waals surface area contributed by atoms with Gasteiger partial charge in [0.05, 0.1) is 12.2 Å². The van der Waals surface area contributed by atoms with E-state index < -0.39 is 18.1 Å². The predicted octanol–water partition coefficient (Wildman–Crippen LogP) is -0.653. The van der Waals surface area contributed by atoms with Gasteiger partial charge < -0.3 is 24.7 Å². The van der Waals surface area contributed by atoms with Crippen LogP contribution in [-0.4, -0.2) is 77.0 Å². The molecule has 2 aliphatic rings. The lowest BCUT2D eigenvalue weighted by Crippen LogP contribution is -2.47. The molecule has 2 saturated heterocycles. The van der Waals surface area contributed by atoms with E-state index in [0.717, 1.165) is 0 Å². The van der Waals surface area contributed by atoms with Crippen molar-refractivity contribution < 1.29 is 24.5 Å². The molecule has 0 radical (unpaired) electrons. The highest BCUT2D eigenvalue weighted by atomic mass is 16.5. The van der Waals surface area contributed by atoms with Crippen molar-refractivity contribution in [1.29, 1.82) is 0 Å². The quantitative estimate of drug-likeness (QED) is 0.686. The number of aliphatic hydroxyl groups is 1. The van der Waals surface area contributed by atoms with E-state index in [2.05, 4.69) is 0 Å². The summed E-state index contributed by atoms with van der Waals surface area (Å²) < 4.78 is 5.13. The van der Waals surface area contributed by atoms with Gasteiger partial charge in [-0.05, 0) is 6.42 Å². The van der Waals surface area contributed by atoms with Gasteiger partial charge in [0, 0.05) is 33.2 Å². The summed E-state index contributed by atoms with van der Waals surface area (Å²) >= 11 is 0. The van der Waals surface area contributed by atoms with Crippen molar-refractivity contribution in [3.8, 4) is 0 Å². The molecule has 0 aromatic carbocycles. The zero-order valence-corrected chi connectivity index (χ0v) is 10.3. The van der Waals surface area contributed by atoms with Crippen LogP contribution in [0.1, 0.15) is 12.8 Å². The molecular formula is C11H18N2O5. The molecule has 102 valence electrons. The SMILES string of the molecule is COC1CC(C(=O)O)N(C(=O)N2CCC(O)C2)C1. The molecular weight excluding hydrogens is 240 g/mol. The van der Waals surface area contributed by atoms with E-state index in [4.69, 9.17) is 9.84 Å². The number of methoxy groups -OCH3 is 1. The van der Waals surface area contributed by atoms with E-state index in [1.807, 2.05) is 0 Å². The summed E-state index contributed by atoms with van der Waals surface area (Å²) in [6, 6.07) is -1.15. The van der Waals surface area contributed by atoms with E-state index >= 15 is 0 Å². The first kappa shape index (κ1) is 13.1. The van der Waals surface area contributed by atoms with Crippen LogP contribution in [0.3, 0.4) is 0 Å². The molecule has 18 heavy (non-hydrogen) atoms. The lowest BCUT2D eigenvalue weighted by molar-refractivity contribution is -0.141. The second kappa shape index (κ2) is 5.11. The van der Waals surface area contributed by atoms with Crippen molar-refractivity contribution in [3.05, 3.63) is 0 Å². The normalized spacial score (nSPS) is 32.0. The number of carbonyl (C=O) groups excluding carboxylic acids is 1. The second-order valence-corrected chi connectivity index (χ2v) is 4.77. The van der Waals surface area contributed by atoms with E-state index in [1.54, 1.807) is 0 Å². The van der Waals surface area contributed by atoms with Crippen molar-refractivity contribution in [2.45, 2.75) is 31.1 Å². The van der Waals surface area contributed by atoms with Gasteiger partial charge in [-0.25, -0.2) is 9.59 Å². The summed E-state index contributed by atoms with van der Waals surface area (Å²) in [6.07, 6.45) is 0.125. The average Bonchev–Trinajstić information content (AvgIpc) is 2.93. The van der Waals surface area contributed by atoms with Crippen LogP contribution in [0.15, 0.2) is 0 Å². The number of ether oxygens (including phenoxy) is 1. The number of carboxylic acid groups (broad SMARTS) is 1. The number of urea groups is 1. The summed E-state index contributed by atoms with van der Waals surface area (Å²) in [4.78, 5) is 26.2. The molecule has 7 nitrogen and oxygen atoms in total. The number of hydrogen-bond acceptors (Lipinski definition) is 4. The lowest BCUT2D eigenvalue weighted by Gasteiger charge is -2.27. The molecule has 0 bridgehead atoms. The molecule has 0 aromatic heterocycles. The summed E-state index contributed by atoms with van der Waals surface area (Å²) in [5, 5.41) is 18.5. The number of aliphatic hydroxyl groups excluding tert-OH is 1. The Labute approximate surface area is 105 Å². The maximum absolute atomic E-state index is 12.2. The lowest BCUT2D eigenvalue weighted by atomic mass is 10.2. The number of amides is 2. The monoisotopic (exact) mass is 258 g/mol. The van der Waals surface area contributed by atoms with Gasteiger partial charge in [-0.3, -0.25) is 0 Å². The van der Waals surface area contributed by atoms with Crippen LogP contribution in [-0.2, 0) is 9.53 Å². The Bertz CT molecular complexity index is 348. The summed E-state index contributed by atoms with van der Waals surface area (Å²) in [5.74, 6) is -1.01. The van der Waals surface area contributed by atoms with Crippen LogP contribution in [0.2, 0.25) is 0 Å². The van der Waals surface area contributed by atoms with Gasteiger partial charge in [-0.15, -0.1) is 0 Å². The third kappa shape index (κ3) is 2.41. The first-order valence-electron chi connectivity index (χ1n) is 6.02. The molecule has 0 aromatic rings. The minimum absolute atomic E-state index is 0.234. The van der Waals surface area contributed by atoms with Crippen LogP contribution in [0, 0.1) is 0 Å². The van der Waals surface area contributed by atoms with Crippen molar-refractivity contribution in [2.24, 2.45) is 0 Å². The zero-order valence-electron chi connectivity index (χ0n) is 10.3. The second-order valence-electron chi connectivity index (χ2n) is 4.77. The molecule has 2 amide bonds. The Morgan fingerprint density at radius 3 is 2.56 bits per heavy atom. The number of aliphatic carboxylic acids is 1. The Balaban J connectivity index is 2.05. The number of β-amino-alcohol motifs (C(OH)–C–C–N with tert-alkyl or cyclic N) is 1. The third-order valence-electron chi connectivity index (χ3n) is 3.56. The Morgan fingerprint density at radius 2 is 2.06 bits per heavy atom. The van der Waals surface area contributed by atoms with Crippen molar-refractivity contribution in [2.75, 3.05) is 26.7 Å². The molecule has 2 aliphatic heterocycles. The largest absolute Gasteiger partial charge is 0.480 e. The molecule has 3 atom stereocenters. The number of nitrogens with zero attached hydrogens (tertiary/aromatic N) is 2. The highest BCUT2D eigenvalue weighted by Crippen LogP contribution is 2.23. The fourth-order valence-corrected chi connectivity index (χ4v) is 2.51. The molecule has 0 aliphatic carbocycles. The van der Waals surface area contributed by atoms with Gasteiger partial charge in [-0.1, -0.05) is 0 Å². The van der Waals surface area contributed by atoms with Crippen molar-refractivity contribution in [1.82, 2.24) is 9.80 Å². The van der Waals surface area contributed by atoms with E-state index in [0.29, 0.717) is 25.9 Å². The van der Waals surface area contributed by atoms with Crippen LogP contribution in [0.4, 0.5) is 4.79 Å². The molecule has 0 saturated carbocycles. The smallest absolute Gasteiger partial charge is 0.326 e. The highest BCUT2D eigenvalue weighted by Gasteiger charge is 2.42. The van der Waals surface area contributed by atoms with Gasteiger partial charge in [0.15, 0.2) is 0 Å². The Morgan fingerprint density at radius 1 is 1.33 bits per heavy atom. The average molecular weight is 258 g/mol. The summed E-state index contributed by atoms with van der Waals surface area (Å²) in [5.41, 5.74) is 0. The number of carbonyl (C=O) groups is 2. The molecule has 7 heteroatoms. The van der Waals surface area contributed by atoms with Crippen molar-refractivity contribution in [3.63, 3.8) is 0 Å². The summed E-state index contributed by atoms with van der Waals surface area (Å²) in [6.45, 7) is 1.04. The minimum atomic E-state index is -1.01. The fraction of sp³-hybridized carbons (Fsp3) is 0.818. The first-order chi connectivity index (χ1) is 8.52. The van der Waals surface area contributed by atoms with Gasteiger partial charge in [0.25, 0.3) is 0 Å². The van der Waals surface area contributed by atoms with Crippen LogP contribution < -0.4 is 0 Å². The van der Waals surface area contributed by atoms with Gasteiger partial charge in [0.1, 0.15) is 6.04 Å². The van der Waals surface area contributed by atoms with Crippen LogP contribution in [0.5, 0.6) is 0 Å². The predicted molar refractivity (Wildman–Crippen MR) is 61.1 cm³/mol. The van der Waals surface area contributed by atoms with Crippen LogP contribution in [0.25, 0.3) is 0 Å². The molecule has 2 N–H and O–H groups in total. The third-order valence-corrected chi connectivity index (χ3v) is 3.56. The van der Waals surface area contributed by atoms with E-state index in [1.165, 1.54) is 16.9 Å². The van der Waals surface area contributed by atoms with Crippen molar-refractivity contribution >= 4 is 12.0 Å². The number of carboxylic acids is 1. The summed E-state index contributed by atoms with van der Waals surface area (Å²) in [7, 11) is 1.51. The number of hydrogen-bond donors (Lipinski definition) is 2. The fourth-order valence-electron chi connectivity index (χ4n) is 2.51. The zero-order chi connectivity index (χ0) is 13.3. The molecule has 2 heterocycles. The Hall–Kier alpha value is -1.34. The topological polar surface area (TPSA) is 90.3 Å². The Kier molecular flexibility index (Phi) is 3.72. The standard InChI is InChI=1S/C11H18N2O5/c1-18-8-4-9(10(15)16)13(6-8)11(17)12-3-2-7(14)5-12/h7-9,14H,2-6H2,1H3,(H,15,16). The van der Waals surface area contributed by atoms with Gasteiger partial charge in [0.2, 0.25) is 0 Å². The maximum atomic E-state index is 12.2. The number of likely N-dealkylation sites (tertiary alicyclic amines) is 2. The van der Waals surface area contributed by atoms with Gasteiger partial charge in [-0.2, -0.15) is 0 Å². The molecule has 0 spiro atoms.